The fraction of sp³-hybridized carbons (Fsp3) is 0.471. The van der Waals surface area contributed by atoms with Crippen molar-refractivity contribution < 1.29 is 4.79 Å². The van der Waals surface area contributed by atoms with Gasteiger partial charge in [-0.15, -0.1) is 0 Å². The molecule has 0 aliphatic carbocycles. The summed E-state index contributed by atoms with van der Waals surface area (Å²) in [7, 11) is 0. The van der Waals surface area contributed by atoms with E-state index >= 15 is 0 Å². The molecular weight excluding hydrogens is 248 g/mol. The number of rotatable bonds is 7. The third-order valence-corrected chi connectivity index (χ3v) is 3.72. The first-order valence-corrected chi connectivity index (χ1v) is 7.60. The Labute approximate surface area is 120 Å². The third kappa shape index (κ3) is 3.62. The van der Waals surface area contributed by atoms with Crippen LogP contribution in [0.3, 0.4) is 0 Å². The maximum Gasteiger partial charge on any atom is 0.267 e. The Morgan fingerprint density at radius 1 is 1.20 bits per heavy atom. The van der Waals surface area contributed by atoms with Crippen molar-refractivity contribution in [1.82, 2.24) is 10.3 Å². The number of carbonyl (C=O) groups is 1. The van der Waals surface area contributed by atoms with E-state index in [1.54, 1.807) is 0 Å². The van der Waals surface area contributed by atoms with E-state index in [-0.39, 0.29) is 5.91 Å². The van der Waals surface area contributed by atoms with E-state index < -0.39 is 0 Å². The average Bonchev–Trinajstić information content (AvgIpc) is 2.89. The van der Waals surface area contributed by atoms with Gasteiger partial charge in [-0.25, -0.2) is 0 Å². The van der Waals surface area contributed by atoms with Gasteiger partial charge in [0.15, 0.2) is 0 Å². The summed E-state index contributed by atoms with van der Waals surface area (Å²) in [6.45, 7) is 5.17. The number of hydrogen-bond donors (Lipinski definition) is 2. The number of amides is 1. The summed E-state index contributed by atoms with van der Waals surface area (Å²) in [4.78, 5) is 15.4. The maximum absolute atomic E-state index is 12.2. The monoisotopic (exact) mass is 272 g/mol. The summed E-state index contributed by atoms with van der Waals surface area (Å²) < 4.78 is 0. The summed E-state index contributed by atoms with van der Waals surface area (Å²) in [5.41, 5.74) is 1.66. The summed E-state index contributed by atoms with van der Waals surface area (Å²) in [5.74, 6) is 0.594. The summed E-state index contributed by atoms with van der Waals surface area (Å²) in [6.07, 6.45) is 4.71. The zero-order valence-electron chi connectivity index (χ0n) is 12.4. The van der Waals surface area contributed by atoms with E-state index in [0.717, 1.165) is 17.4 Å². The molecule has 3 nitrogen and oxygen atoms in total. The molecule has 0 bridgehead atoms. The largest absolute Gasteiger partial charge is 0.351 e. The van der Waals surface area contributed by atoms with Gasteiger partial charge in [-0.2, -0.15) is 0 Å². The molecule has 1 amide bonds. The fourth-order valence-electron chi connectivity index (χ4n) is 2.69. The van der Waals surface area contributed by atoms with Gasteiger partial charge in [-0.05, 0) is 30.9 Å². The van der Waals surface area contributed by atoms with Crippen molar-refractivity contribution in [3.05, 3.63) is 36.0 Å². The standard InChI is InChI=1S/C17H24N2O/c1-3-7-13(8-4-2)12-18-17(20)16-11-14-9-5-6-10-15(14)19-16/h5-6,9-11,13,19H,3-4,7-8,12H2,1-2H3,(H,18,20). The summed E-state index contributed by atoms with van der Waals surface area (Å²) in [5, 5.41) is 4.14. The van der Waals surface area contributed by atoms with Gasteiger partial charge in [0.25, 0.3) is 5.91 Å². The predicted octanol–water partition coefficient (Wildman–Crippen LogP) is 4.11. The van der Waals surface area contributed by atoms with Crippen molar-refractivity contribution in [1.29, 1.82) is 0 Å². The second kappa shape index (κ2) is 7.13. The van der Waals surface area contributed by atoms with E-state index in [0.29, 0.717) is 11.6 Å². The second-order valence-electron chi connectivity index (χ2n) is 5.42. The van der Waals surface area contributed by atoms with Crippen LogP contribution in [0.25, 0.3) is 10.9 Å². The average molecular weight is 272 g/mol. The highest BCUT2D eigenvalue weighted by molar-refractivity contribution is 5.97. The van der Waals surface area contributed by atoms with Gasteiger partial charge in [-0.3, -0.25) is 4.79 Å². The lowest BCUT2D eigenvalue weighted by Crippen LogP contribution is -2.29. The third-order valence-electron chi connectivity index (χ3n) is 3.72. The first-order chi connectivity index (χ1) is 9.74. The Morgan fingerprint density at radius 2 is 1.90 bits per heavy atom. The highest BCUT2D eigenvalue weighted by atomic mass is 16.1. The van der Waals surface area contributed by atoms with Crippen LogP contribution in [0.5, 0.6) is 0 Å². The van der Waals surface area contributed by atoms with Crippen molar-refractivity contribution in [3.63, 3.8) is 0 Å². The normalized spacial score (nSPS) is 11.2. The minimum atomic E-state index is -0.00148. The number of aromatic nitrogens is 1. The topological polar surface area (TPSA) is 44.9 Å². The zero-order valence-corrected chi connectivity index (χ0v) is 12.4. The molecule has 1 heterocycles. The zero-order chi connectivity index (χ0) is 14.4. The molecule has 2 N–H and O–H groups in total. The van der Waals surface area contributed by atoms with E-state index in [1.807, 2.05) is 30.3 Å². The van der Waals surface area contributed by atoms with Crippen molar-refractivity contribution in [2.45, 2.75) is 39.5 Å². The molecule has 0 atom stereocenters. The van der Waals surface area contributed by atoms with Gasteiger partial charge >= 0.3 is 0 Å². The van der Waals surface area contributed by atoms with Crippen LogP contribution in [-0.2, 0) is 0 Å². The Morgan fingerprint density at radius 3 is 2.55 bits per heavy atom. The summed E-state index contributed by atoms with van der Waals surface area (Å²) in [6, 6.07) is 9.87. The van der Waals surface area contributed by atoms with Crippen LogP contribution in [0.1, 0.15) is 50.0 Å². The first kappa shape index (κ1) is 14.6. The molecule has 0 fully saturated rings. The molecule has 0 aliphatic rings. The molecule has 2 aromatic rings. The Bertz CT molecular complexity index is 520. The molecule has 0 unspecified atom stereocenters. The van der Waals surface area contributed by atoms with Gasteiger partial charge in [-0.1, -0.05) is 44.9 Å². The van der Waals surface area contributed by atoms with Gasteiger partial charge in [0.1, 0.15) is 5.69 Å². The quantitative estimate of drug-likeness (QED) is 0.782. The molecule has 0 radical (unpaired) electrons. The van der Waals surface area contributed by atoms with E-state index in [9.17, 15) is 4.79 Å². The highest BCUT2D eigenvalue weighted by Gasteiger charge is 2.12. The molecule has 2 rings (SSSR count). The molecule has 0 saturated carbocycles. The van der Waals surface area contributed by atoms with E-state index in [1.165, 1.54) is 25.7 Å². The molecular formula is C17H24N2O. The van der Waals surface area contributed by atoms with Crippen LogP contribution < -0.4 is 5.32 Å². The lowest BCUT2D eigenvalue weighted by Gasteiger charge is -2.15. The van der Waals surface area contributed by atoms with Gasteiger partial charge < -0.3 is 10.3 Å². The SMILES string of the molecule is CCCC(CCC)CNC(=O)c1cc2ccccc2[nH]1. The Kier molecular flexibility index (Phi) is 5.22. The number of hydrogen-bond acceptors (Lipinski definition) is 1. The molecule has 20 heavy (non-hydrogen) atoms. The molecule has 0 aliphatic heterocycles. The van der Waals surface area contributed by atoms with Gasteiger partial charge in [0.05, 0.1) is 0 Å². The van der Waals surface area contributed by atoms with Crippen molar-refractivity contribution in [2.75, 3.05) is 6.54 Å². The number of carbonyl (C=O) groups excluding carboxylic acids is 1. The Hall–Kier alpha value is -1.77. The highest BCUT2D eigenvalue weighted by Crippen LogP contribution is 2.15. The Balaban J connectivity index is 1.97. The number of para-hydroxylation sites is 1. The van der Waals surface area contributed by atoms with Crippen molar-refractivity contribution >= 4 is 16.8 Å². The molecule has 1 aromatic carbocycles. The van der Waals surface area contributed by atoms with Crippen LogP contribution in [0.15, 0.2) is 30.3 Å². The van der Waals surface area contributed by atoms with Gasteiger partial charge in [0.2, 0.25) is 0 Å². The van der Waals surface area contributed by atoms with E-state index in [2.05, 4.69) is 24.1 Å². The fourth-order valence-corrected chi connectivity index (χ4v) is 2.69. The number of fused-ring (bicyclic) bond motifs is 1. The molecule has 3 heteroatoms. The number of H-pyrrole nitrogens is 1. The lowest BCUT2D eigenvalue weighted by molar-refractivity contribution is 0.0941. The van der Waals surface area contributed by atoms with Crippen molar-refractivity contribution in [2.24, 2.45) is 5.92 Å². The molecule has 1 aromatic heterocycles. The predicted molar refractivity (Wildman–Crippen MR) is 83.9 cm³/mol. The molecule has 0 saturated heterocycles. The van der Waals surface area contributed by atoms with E-state index in [4.69, 9.17) is 0 Å². The van der Waals surface area contributed by atoms with Crippen molar-refractivity contribution in [3.8, 4) is 0 Å². The van der Waals surface area contributed by atoms with Crippen LogP contribution in [0.4, 0.5) is 0 Å². The number of nitrogens with one attached hydrogen (secondary N) is 2. The lowest BCUT2D eigenvalue weighted by atomic mass is 9.98. The van der Waals surface area contributed by atoms with Crippen LogP contribution in [0.2, 0.25) is 0 Å². The maximum atomic E-state index is 12.2. The minimum absolute atomic E-state index is 0.00148. The summed E-state index contributed by atoms with van der Waals surface area (Å²) >= 11 is 0. The van der Waals surface area contributed by atoms with Crippen LogP contribution in [0, 0.1) is 5.92 Å². The second-order valence-corrected chi connectivity index (χ2v) is 5.42. The molecule has 108 valence electrons. The van der Waals surface area contributed by atoms with Gasteiger partial charge in [0, 0.05) is 17.4 Å². The van der Waals surface area contributed by atoms with Crippen LogP contribution >= 0.6 is 0 Å². The van der Waals surface area contributed by atoms with Crippen LogP contribution in [-0.4, -0.2) is 17.4 Å². The number of benzene rings is 1. The smallest absolute Gasteiger partial charge is 0.267 e. The number of aromatic amines is 1. The minimum Gasteiger partial charge on any atom is -0.351 e. The first-order valence-electron chi connectivity index (χ1n) is 7.60. The molecule has 0 spiro atoms.